The minimum atomic E-state index is 0.288. The number of thiazole rings is 1. The summed E-state index contributed by atoms with van der Waals surface area (Å²) >= 11 is 1.79. The van der Waals surface area contributed by atoms with Crippen LogP contribution in [-0.4, -0.2) is 14.5 Å². The summed E-state index contributed by atoms with van der Waals surface area (Å²) in [5.41, 5.74) is 1.22. The van der Waals surface area contributed by atoms with Crippen LogP contribution in [-0.2, 0) is 19.5 Å². The fourth-order valence-electron chi connectivity index (χ4n) is 1.81. The standard InChI is InChI=1S/C13H20N4S/c1-4-12-8-16-13(18-12)10(3)15-7-11-6-14-9-17(11)5-2/h6,8-10,15H,4-5,7H2,1-3H3. The van der Waals surface area contributed by atoms with Gasteiger partial charge in [0.05, 0.1) is 18.1 Å². The van der Waals surface area contributed by atoms with Crippen LogP contribution >= 0.6 is 11.3 Å². The van der Waals surface area contributed by atoms with Crippen molar-refractivity contribution in [2.75, 3.05) is 0 Å². The van der Waals surface area contributed by atoms with Gasteiger partial charge in [0, 0.05) is 30.4 Å². The second-order valence-electron chi connectivity index (χ2n) is 4.29. The highest BCUT2D eigenvalue weighted by Crippen LogP contribution is 2.20. The molecule has 4 nitrogen and oxygen atoms in total. The van der Waals surface area contributed by atoms with Crippen LogP contribution < -0.4 is 5.32 Å². The van der Waals surface area contributed by atoms with E-state index >= 15 is 0 Å². The summed E-state index contributed by atoms with van der Waals surface area (Å²) in [6.07, 6.45) is 6.84. The Hall–Kier alpha value is -1.20. The number of aryl methyl sites for hydroxylation is 2. The van der Waals surface area contributed by atoms with Crippen molar-refractivity contribution in [1.29, 1.82) is 0 Å². The number of aromatic nitrogens is 3. The summed E-state index contributed by atoms with van der Waals surface area (Å²) in [6.45, 7) is 8.24. The third kappa shape index (κ3) is 2.97. The van der Waals surface area contributed by atoms with E-state index in [2.05, 4.69) is 40.6 Å². The zero-order valence-electron chi connectivity index (χ0n) is 11.2. The third-order valence-electron chi connectivity index (χ3n) is 3.02. The second kappa shape index (κ2) is 6.11. The predicted octanol–water partition coefficient (Wildman–Crippen LogP) is 2.77. The lowest BCUT2D eigenvalue weighted by atomic mass is 10.3. The van der Waals surface area contributed by atoms with Gasteiger partial charge in [-0.1, -0.05) is 6.92 Å². The number of hydrogen-bond acceptors (Lipinski definition) is 4. The summed E-state index contributed by atoms with van der Waals surface area (Å²) in [6, 6.07) is 0.288. The van der Waals surface area contributed by atoms with E-state index in [1.165, 1.54) is 10.6 Å². The number of nitrogens with one attached hydrogen (secondary N) is 1. The highest BCUT2D eigenvalue weighted by atomic mass is 32.1. The van der Waals surface area contributed by atoms with Crippen molar-refractivity contribution in [2.24, 2.45) is 0 Å². The Morgan fingerprint density at radius 1 is 1.39 bits per heavy atom. The molecule has 0 aliphatic rings. The van der Waals surface area contributed by atoms with E-state index in [0.29, 0.717) is 0 Å². The molecule has 1 unspecified atom stereocenters. The topological polar surface area (TPSA) is 42.7 Å². The van der Waals surface area contributed by atoms with Gasteiger partial charge < -0.3 is 9.88 Å². The molecule has 0 aliphatic carbocycles. The van der Waals surface area contributed by atoms with Gasteiger partial charge in [0.1, 0.15) is 5.01 Å². The molecule has 2 aromatic heterocycles. The van der Waals surface area contributed by atoms with Crippen LogP contribution in [0.4, 0.5) is 0 Å². The van der Waals surface area contributed by atoms with Gasteiger partial charge in [-0.05, 0) is 20.3 Å². The Morgan fingerprint density at radius 3 is 2.89 bits per heavy atom. The molecule has 98 valence electrons. The predicted molar refractivity (Wildman–Crippen MR) is 74.6 cm³/mol. The molecule has 0 radical (unpaired) electrons. The van der Waals surface area contributed by atoms with Gasteiger partial charge in [0.25, 0.3) is 0 Å². The van der Waals surface area contributed by atoms with Crippen molar-refractivity contribution >= 4 is 11.3 Å². The average molecular weight is 264 g/mol. The van der Waals surface area contributed by atoms with Gasteiger partial charge in [-0.3, -0.25) is 0 Å². The summed E-state index contributed by atoms with van der Waals surface area (Å²) in [5.74, 6) is 0. The second-order valence-corrected chi connectivity index (χ2v) is 5.44. The quantitative estimate of drug-likeness (QED) is 0.872. The molecule has 2 rings (SSSR count). The highest BCUT2D eigenvalue weighted by molar-refractivity contribution is 7.11. The van der Waals surface area contributed by atoms with Gasteiger partial charge in [-0.25, -0.2) is 9.97 Å². The van der Waals surface area contributed by atoms with E-state index in [4.69, 9.17) is 0 Å². The Morgan fingerprint density at radius 2 is 2.22 bits per heavy atom. The molecule has 1 N–H and O–H groups in total. The Bertz CT molecular complexity index is 489. The van der Waals surface area contributed by atoms with Crippen molar-refractivity contribution in [3.63, 3.8) is 0 Å². The molecule has 0 fully saturated rings. The molecule has 0 bridgehead atoms. The first-order valence-electron chi connectivity index (χ1n) is 6.41. The molecule has 2 aromatic rings. The molecule has 0 saturated carbocycles. The zero-order chi connectivity index (χ0) is 13.0. The molecule has 18 heavy (non-hydrogen) atoms. The molecular weight excluding hydrogens is 244 g/mol. The van der Waals surface area contributed by atoms with E-state index < -0.39 is 0 Å². The average Bonchev–Trinajstić information content (AvgIpc) is 3.04. The molecule has 0 aromatic carbocycles. The van der Waals surface area contributed by atoms with Crippen LogP contribution in [0.5, 0.6) is 0 Å². The van der Waals surface area contributed by atoms with E-state index in [-0.39, 0.29) is 6.04 Å². The Balaban J connectivity index is 1.93. The van der Waals surface area contributed by atoms with E-state index in [1.807, 2.05) is 18.7 Å². The largest absolute Gasteiger partial charge is 0.334 e. The molecule has 0 spiro atoms. The smallest absolute Gasteiger partial charge is 0.109 e. The summed E-state index contributed by atoms with van der Waals surface area (Å²) in [4.78, 5) is 9.98. The first kappa shape index (κ1) is 13.2. The van der Waals surface area contributed by atoms with Crippen LogP contribution in [0.3, 0.4) is 0 Å². The summed E-state index contributed by atoms with van der Waals surface area (Å²) in [7, 11) is 0. The Kier molecular flexibility index (Phi) is 4.49. The minimum Gasteiger partial charge on any atom is -0.334 e. The van der Waals surface area contributed by atoms with Gasteiger partial charge in [-0.15, -0.1) is 11.3 Å². The van der Waals surface area contributed by atoms with Crippen molar-refractivity contribution in [1.82, 2.24) is 19.9 Å². The van der Waals surface area contributed by atoms with Crippen molar-refractivity contribution < 1.29 is 0 Å². The first-order valence-corrected chi connectivity index (χ1v) is 7.23. The van der Waals surface area contributed by atoms with E-state index in [1.54, 1.807) is 11.3 Å². The fraction of sp³-hybridized carbons (Fsp3) is 0.538. The normalized spacial score (nSPS) is 12.8. The SMILES string of the molecule is CCc1cnc(C(C)NCc2cncn2CC)s1. The molecular formula is C13H20N4S. The zero-order valence-corrected chi connectivity index (χ0v) is 12.0. The lowest BCUT2D eigenvalue weighted by Gasteiger charge is -2.12. The minimum absolute atomic E-state index is 0.288. The molecule has 1 atom stereocenters. The van der Waals surface area contributed by atoms with Gasteiger partial charge in [0.15, 0.2) is 0 Å². The molecule has 5 heteroatoms. The van der Waals surface area contributed by atoms with Crippen molar-refractivity contribution in [2.45, 2.75) is 46.3 Å². The summed E-state index contributed by atoms with van der Waals surface area (Å²) in [5, 5.41) is 4.66. The van der Waals surface area contributed by atoms with Crippen LogP contribution in [0, 0.1) is 0 Å². The van der Waals surface area contributed by atoms with E-state index in [0.717, 1.165) is 24.5 Å². The van der Waals surface area contributed by atoms with E-state index in [9.17, 15) is 0 Å². The summed E-state index contributed by atoms with van der Waals surface area (Å²) < 4.78 is 2.15. The van der Waals surface area contributed by atoms with Gasteiger partial charge in [0.2, 0.25) is 0 Å². The van der Waals surface area contributed by atoms with Crippen LogP contribution in [0.25, 0.3) is 0 Å². The van der Waals surface area contributed by atoms with Gasteiger partial charge in [-0.2, -0.15) is 0 Å². The molecule has 0 aliphatic heterocycles. The van der Waals surface area contributed by atoms with Crippen molar-refractivity contribution in [3.8, 4) is 0 Å². The van der Waals surface area contributed by atoms with Crippen LogP contribution in [0.1, 0.15) is 42.4 Å². The maximum Gasteiger partial charge on any atom is 0.109 e. The number of imidazole rings is 1. The number of rotatable bonds is 6. The monoisotopic (exact) mass is 264 g/mol. The molecule has 0 saturated heterocycles. The first-order chi connectivity index (χ1) is 8.74. The lowest BCUT2D eigenvalue weighted by Crippen LogP contribution is -2.19. The molecule has 2 heterocycles. The van der Waals surface area contributed by atoms with Gasteiger partial charge >= 0.3 is 0 Å². The number of nitrogens with zero attached hydrogens (tertiary/aromatic N) is 3. The Labute approximate surface area is 112 Å². The fourth-order valence-corrected chi connectivity index (χ4v) is 2.70. The maximum absolute atomic E-state index is 4.46. The van der Waals surface area contributed by atoms with Crippen molar-refractivity contribution in [3.05, 3.63) is 34.3 Å². The maximum atomic E-state index is 4.46. The third-order valence-corrected chi connectivity index (χ3v) is 4.34. The van der Waals surface area contributed by atoms with Crippen LogP contribution in [0.2, 0.25) is 0 Å². The highest BCUT2D eigenvalue weighted by Gasteiger charge is 2.10. The molecule has 0 amide bonds. The number of hydrogen-bond donors (Lipinski definition) is 1. The van der Waals surface area contributed by atoms with Crippen LogP contribution in [0.15, 0.2) is 18.7 Å². The lowest BCUT2D eigenvalue weighted by molar-refractivity contribution is 0.547.